The van der Waals surface area contributed by atoms with Crippen LogP contribution in [-0.2, 0) is 0 Å². The molecule has 0 saturated heterocycles. The van der Waals surface area contributed by atoms with Crippen molar-refractivity contribution in [3.05, 3.63) is 102 Å². The number of fused-ring (bicyclic) bond motifs is 6. The lowest BCUT2D eigenvalue weighted by Gasteiger charge is -2.35. The second-order valence-electron chi connectivity index (χ2n) is 10.6. The summed E-state index contributed by atoms with van der Waals surface area (Å²) in [6.45, 7) is 1.31. The Labute approximate surface area is 241 Å². The highest BCUT2D eigenvalue weighted by Crippen LogP contribution is 2.53. The maximum Gasteiger partial charge on any atom is 0.416 e. The first-order valence-corrected chi connectivity index (χ1v) is 14.2. The smallest absolute Gasteiger partial charge is 0.379 e. The summed E-state index contributed by atoms with van der Waals surface area (Å²) in [5.74, 6) is -2.96. The van der Waals surface area contributed by atoms with E-state index < -0.39 is 29.8 Å². The minimum absolute atomic E-state index is 0.0195. The van der Waals surface area contributed by atoms with E-state index in [0.717, 1.165) is 34.7 Å². The predicted molar refractivity (Wildman–Crippen MR) is 158 cm³/mol. The number of hydrogen-bond donors (Lipinski definition) is 1. The lowest BCUT2D eigenvalue weighted by Crippen LogP contribution is -2.34. The third kappa shape index (κ3) is 4.29. The Hall–Kier alpha value is -4.11. The molecule has 0 spiro atoms. The van der Waals surface area contributed by atoms with E-state index in [1.807, 2.05) is 30.3 Å². The number of nitrogens with zero attached hydrogens (tertiary/aromatic N) is 1. The lowest BCUT2D eigenvalue weighted by molar-refractivity contribution is -0.156. The van der Waals surface area contributed by atoms with Gasteiger partial charge in [-0.3, -0.25) is 4.99 Å². The maximum absolute atomic E-state index is 14.5. The minimum atomic E-state index is -4.64. The molecule has 1 N–H and O–H groups in total. The van der Waals surface area contributed by atoms with Crippen LogP contribution in [0.25, 0.3) is 36.9 Å². The van der Waals surface area contributed by atoms with E-state index in [-0.39, 0.29) is 34.8 Å². The number of aliphatic imine (C=N–C) groups is 1. The molecule has 2 unspecified atom stereocenters. The van der Waals surface area contributed by atoms with Gasteiger partial charge >= 0.3 is 12.4 Å². The molecule has 0 bridgehead atoms. The quantitative estimate of drug-likeness (QED) is 0.203. The van der Waals surface area contributed by atoms with Gasteiger partial charge < -0.3 is 5.32 Å². The van der Waals surface area contributed by atoms with Crippen molar-refractivity contribution in [1.29, 1.82) is 0 Å². The molecule has 2 aliphatic rings. The van der Waals surface area contributed by atoms with Gasteiger partial charge in [0.15, 0.2) is 0 Å². The Balaban J connectivity index is 1.32. The van der Waals surface area contributed by atoms with Gasteiger partial charge in [0.2, 0.25) is 0 Å². The molecule has 0 saturated carbocycles. The number of hydrogen-bond acceptors (Lipinski definition) is 3. The molecule has 4 aromatic carbocycles. The third-order valence-corrected chi connectivity index (χ3v) is 9.28. The first kappa shape index (κ1) is 26.8. The van der Waals surface area contributed by atoms with E-state index >= 15 is 0 Å². The number of allylic oxidation sites excluding steroid dienone is 1. The zero-order valence-electron chi connectivity index (χ0n) is 22.1. The van der Waals surface area contributed by atoms with Gasteiger partial charge in [-0.25, -0.2) is 0 Å². The third-order valence-electron chi connectivity index (χ3n) is 8.13. The highest BCUT2D eigenvalue weighted by atomic mass is 32.1. The van der Waals surface area contributed by atoms with Crippen LogP contribution in [0.4, 0.5) is 37.7 Å². The summed E-state index contributed by atoms with van der Waals surface area (Å²) >= 11 is 1.72. The SMILES string of the molecule is CC1C(c2ccc(-c3ccc4sc5ccccc5c4c3)cc2)=Nc2c(ccc3c2NCC=C3C(F)(F)F)C1C(F)(F)F. The van der Waals surface area contributed by atoms with Crippen molar-refractivity contribution in [2.75, 3.05) is 11.9 Å². The number of thiophene rings is 1. The zero-order chi connectivity index (χ0) is 29.4. The standard InChI is InChI=1S/C33H22F6N2S/c1-17-28(33(37,38)39)23-12-11-22-25(32(34,35)36)14-15-40-30(22)31(23)41-29(17)19-8-6-18(7-9-19)20-10-13-27-24(16-20)21-4-2-3-5-26(21)42-27/h2-14,16-17,28,40H,15H2,1H3. The van der Waals surface area contributed by atoms with Gasteiger partial charge in [-0.2, -0.15) is 26.3 Å². The van der Waals surface area contributed by atoms with Crippen LogP contribution in [0.3, 0.4) is 0 Å². The molecular weight excluding hydrogens is 570 g/mol. The number of nitrogens with one attached hydrogen (secondary N) is 1. The summed E-state index contributed by atoms with van der Waals surface area (Å²) in [6.07, 6.45) is -8.27. The molecule has 2 atom stereocenters. The fourth-order valence-electron chi connectivity index (χ4n) is 6.19. The molecule has 2 aliphatic heterocycles. The highest BCUT2D eigenvalue weighted by Gasteiger charge is 2.49. The molecule has 9 heteroatoms. The maximum atomic E-state index is 14.5. The van der Waals surface area contributed by atoms with Crippen molar-refractivity contribution in [1.82, 2.24) is 0 Å². The number of halogens is 6. The van der Waals surface area contributed by atoms with Gasteiger partial charge in [-0.15, -0.1) is 11.3 Å². The normalized spacial score (nSPS) is 18.7. The Morgan fingerprint density at radius 3 is 2.21 bits per heavy atom. The van der Waals surface area contributed by atoms with E-state index in [9.17, 15) is 26.3 Å². The fraction of sp³-hybridized carbons (Fsp3) is 0.182. The second kappa shape index (κ2) is 9.46. The number of alkyl halides is 6. The van der Waals surface area contributed by atoms with Gasteiger partial charge in [0.05, 0.1) is 28.6 Å². The highest BCUT2D eigenvalue weighted by molar-refractivity contribution is 7.25. The summed E-state index contributed by atoms with van der Waals surface area (Å²) in [7, 11) is 0. The number of benzene rings is 4. The van der Waals surface area contributed by atoms with E-state index in [0.29, 0.717) is 5.56 Å². The average molecular weight is 593 g/mol. The van der Waals surface area contributed by atoms with Crippen LogP contribution in [0.15, 0.2) is 89.9 Å². The van der Waals surface area contributed by atoms with Gasteiger partial charge in [0.25, 0.3) is 0 Å². The molecule has 212 valence electrons. The van der Waals surface area contributed by atoms with Gasteiger partial charge in [-0.1, -0.05) is 73.7 Å². The minimum Gasteiger partial charge on any atom is -0.379 e. The zero-order valence-corrected chi connectivity index (χ0v) is 22.9. The van der Waals surface area contributed by atoms with Crippen molar-refractivity contribution in [3.63, 3.8) is 0 Å². The van der Waals surface area contributed by atoms with E-state index in [4.69, 9.17) is 0 Å². The Morgan fingerprint density at radius 1 is 0.786 bits per heavy atom. The molecule has 1 aromatic heterocycles. The summed E-state index contributed by atoms with van der Waals surface area (Å²) < 4.78 is 87.0. The van der Waals surface area contributed by atoms with Gasteiger partial charge in [0.1, 0.15) is 0 Å². The lowest BCUT2D eigenvalue weighted by atomic mass is 9.77. The molecule has 5 aromatic rings. The van der Waals surface area contributed by atoms with Crippen molar-refractivity contribution >= 4 is 54.2 Å². The molecule has 0 radical (unpaired) electrons. The first-order chi connectivity index (χ1) is 20.0. The molecule has 2 nitrogen and oxygen atoms in total. The summed E-state index contributed by atoms with van der Waals surface area (Å²) in [5, 5.41) is 5.16. The van der Waals surface area contributed by atoms with Gasteiger partial charge in [0, 0.05) is 38.2 Å². The summed E-state index contributed by atoms with van der Waals surface area (Å²) in [5.41, 5.74) is 1.25. The fourth-order valence-corrected chi connectivity index (χ4v) is 7.28. The Bertz CT molecular complexity index is 1930. The molecule has 7 rings (SSSR count). The van der Waals surface area contributed by atoms with Crippen LogP contribution in [-0.4, -0.2) is 24.6 Å². The number of anilines is 1. The molecule has 0 amide bonds. The first-order valence-electron chi connectivity index (χ1n) is 13.4. The van der Waals surface area contributed by atoms with Crippen molar-refractivity contribution < 1.29 is 26.3 Å². The number of rotatable bonds is 2. The molecule has 42 heavy (non-hydrogen) atoms. The van der Waals surface area contributed by atoms with Crippen LogP contribution in [0.5, 0.6) is 0 Å². The molecular formula is C33H22F6N2S. The topological polar surface area (TPSA) is 24.4 Å². The van der Waals surface area contributed by atoms with Crippen molar-refractivity contribution in [2.24, 2.45) is 10.9 Å². The summed E-state index contributed by atoms with van der Waals surface area (Å²) in [6, 6.07) is 23.8. The van der Waals surface area contributed by atoms with Crippen LogP contribution in [0.2, 0.25) is 0 Å². The van der Waals surface area contributed by atoms with E-state index in [1.54, 1.807) is 23.5 Å². The Morgan fingerprint density at radius 2 is 1.48 bits per heavy atom. The largest absolute Gasteiger partial charge is 0.416 e. The summed E-state index contributed by atoms with van der Waals surface area (Å²) in [4.78, 5) is 4.62. The van der Waals surface area contributed by atoms with E-state index in [1.165, 1.54) is 21.7 Å². The monoisotopic (exact) mass is 592 g/mol. The van der Waals surface area contributed by atoms with Crippen molar-refractivity contribution in [3.8, 4) is 11.1 Å². The molecule has 3 heterocycles. The predicted octanol–water partition coefficient (Wildman–Crippen LogP) is 10.5. The van der Waals surface area contributed by atoms with Gasteiger partial charge in [-0.05, 0) is 40.5 Å². The second-order valence-corrected chi connectivity index (χ2v) is 11.7. The molecule has 0 aliphatic carbocycles. The Kier molecular flexibility index (Phi) is 6.03. The van der Waals surface area contributed by atoms with Crippen molar-refractivity contribution in [2.45, 2.75) is 25.2 Å². The van der Waals surface area contributed by atoms with Crippen LogP contribution >= 0.6 is 11.3 Å². The molecule has 0 fully saturated rings. The van der Waals surface area contributed by atoms with Crippen LogP contribution in [0.1, 0.15) is 29.5 Å². The van der Waals surface area contributed by atoms with E-state index in [2.05, 4.69) is 34.6 Å². The van der Waals surface area contributed by atoms with Crippen LogP contribution in [0, 0.1) is 5.92 Å². The average Bonchev–Trinajstić information content (AvgIpc) is 3.33. The van der Waals surface area contributed by atoms with Crippen LogP contribution < -0.4 is 5.32 Å².